The number of anilines is 1. The molecule has 2 amide bonds. The highest BCUT2D eigenvalue weighted by molar-refractivity contribution is 5.86. The van der Waals surface area contributed by atoms with Crippen molar-refractivity contribution in [1.82, 2.24) is 10.6 Å². The molecule has 4 rings (SSSR count). The number of methoxy groups -OCH3 is 3. The number of nitrogens with one attached hydrogen (secondary N) is 3. The van der Waals surface area contributed by atoms with Crippen molar-refractivity contribution < 1.29 is 23.8 Å². The van der Waals surface area contributed by atoms with Gasteiger partial charge >= 0.3 is 0 Å². The Morgan fingerprint density at radius 2 is 1.56 bits per heavy atom. The summed E-state index contributed by atoms with van der Waals surface area (Å²) in [5, 5.41) is 9.35. The zero-order valence-corrected chi connectivity index (χ0v) is 24.9. The maximum absolute atomic E-state index is 13.6. The van der Waals surface area contributed by atoms with Crippen LogP contribution in [0, 0.1) is 0 Å². The predicted octanol–water partition coefficient (Wildman–Crippen LogP) is 4.89. The third kappa shape index (κ3) is 6.94. The molecular weight excluding hydrogens is 522 g/mol. The molecule has 0 bridgehead atoms. The van der Waals surface area contributed by atoms with Gasteiger partial charge in [0.05, 0.1) is 33.1 Å². The average Bonchev–Trinajstić information content (AvgIpc) is 3.17. The average molecular weight is 566 g/mol. The van der Waals surface area contributed by atoms with E-state index in [0.29, 0.717) is 41.3 Å². The van der Waals surface area contributed by atoms with Crippen LogP contribution in [0.2, 0.25) is 0 Å². The van der Waals surface area contributed by atoms with Crippen molar-refractivity contribution in [2.75, 3.05) is 26.6 Å². The van der Waals surface area contributed by atoms with Gasteiger partial charge in [0.1, 0.15) is 6.04 Å². The van der Waals surface area contributed by atoms with Crippen LogP contribution in [-0.4, -0.2) is 45.2 Å². The fourth-order valence-electron chi connectivity index (χ4n) is 6.05. The van der Waals surface area contributed by atoms with Crippen molar-refractivity contribution in [1.29, 1.82) is 0 Å². The van der Waals surface area contributed by atoms with Crippen LogP contribution >= 0.6 is 0 Å². The van der Waals surface area contributed by atoms with Gasteiger partial charge in [-0.15, -0.1) is 0 Å². The number of fused-ring (bicyclic) bond motifs is 3. The molecule has 0 spiro atoms. The lowest BCUT2D eigenvalue weighted by Gasteiger charge is -2.23. The van der Waals surface area contributed by atoms with Gasteiger partial charge in [0.25, 0.3) is 0 Å². The van der Waals surface area contributed by atoms with Gasteiger partial charge in [-0.05, 0) is 67.5 Å². The second-order valence-corrected chi connectivity index (χ2v) is 11.0. The molecule has 3 N–H and O–H groups in total. The largest absolute Gasteiger partial charge is 0.493 e. The number of carbonyl (C=O) groups excluding carboxylic acids is 2. The normalized spacial score (nSPS) is 17.8. The van der Waals surface area contributed by atoms with Crippen molar-refractivity contribution in [2.45, 2.75) is 89.8 Å². The number of hydrogen-bond acceptors (Lipinski definition) is 7. The molecule has 0 saturated heterocycles. The number of rotatable bonds is 8. The van der Waals surface area contributed by atoms with Crippen LogP contribution in [0.3, 0.4) is 0 Å². The summed E-state index contributed by atoms with van der Waals surface area (Å²) in [7, 11) is 4.69. The minimum Gasteiger partial charge on any atom is -0.493 e. The summed E-state index contributed by atoms with van der Waals surface area (Å²) in [4.78, 5) is 38.8. The molecule has 2 aliphatic rings. The Morgan fingerprint density at radius 1 is 0.878 bits per heavy atom. The number of hydrogen-bond donors (Lipinski definition) is 3. The van der Waals surface area contributed by atoms with Crippen LogP contribution in [0.1, 0.15) is 82.4 Å². The van der Waals surface area contributed by atoms with Crippen LogP contribution in [0.25, 0.3) is 11.1 Å². The van der Waals surface area contributed by atoms with E-state index in [-0.39, 0.29) is 23.3 Å². The van der Waals surface area contributed by atoms with Crippen LogP contribution in [0.15, 0.2) is 29.1 Å². The molecule has 2 aromatic rings. The van der Waals surface area contributed by atoms with E-state index < -0.39 is 12.1 Å². The first-order valence-corrected chi connectivity index (χ1v) is 14.6. The fourth-order valence-corrected chi connectivity index (χ4v) is 6.05. The standard InChI is InChI=1S/C32H43N3O6/c1-19(32(38)35-22-11-9-7-6-8-10-12-22)33-26-16-14-23-24(18-27(26)37)25(34-20(2)36)15-13-21-17-28(39-3)30(40-4)31(41-5)29(21)23/h14,16-19,22,25H,6-13,15H2,1-5H3,(H,33,37)(H,34,36)(H,35,38)/t19-,25+/m0/s1. The molecule has 0 unspecified atom stereocenters. The number of ether oxygens (including phenoxy) is 3. The maximum Gasteiger partial charge on any atom is 0.242 e. The molecule has 2 aromatic carbocycles. The van der Waals surface area contributed by atoms with Gasteiger partial charge in [-0.25, -0.2) is 0 Å². The SMILES string of the molecule is COc1cc2c(c(OC)c1OC)-c1ccc(N[C@@H](C)C(=O)NC3CCCCCCC3)c(=O)cc1[C@H](NC(C)=O)CC2. The summed E-state index contributed by atoms with van der Waals surface area (Å²) in [6.07, 6.45) is 9.07. The molecule has 9 nitrogen and oxygen atoms in total. The molecule has 2 atom stereocenters. The van der Waals surface area contributed by atoms with Crippen LogP contribution in [-0.2, 0) is 16.0 Å². The van der Waals surface area contributed by atoms with Crippen molar-refractivity contribution in [2.24, 2.45) is 0 Å². The summed E-state index contributed by atoms with van der Waals surface area (Å²) in [6, 6.07) is 6.20. The van der Waals surface area contributed by atoms with Crippen molar-refractivity contribution in [3.8, 4) is 28.4 Å². The van der Waals surface area contributed by atoms with E-state index in [1.807, 2.05) is 12.1 Å². The van der Waals surface area contributed by atoms with E-state index in [4.69, 9.17) is 14.2 Å². The van der Waals surface area contributed by atoms with Gasteiger partial charge in [0, 0.05) is 18.5 Å². The van der Waals surface area contributed by atoms with Gasteiger partial charge in [-0.2, -0.15) is 0 Å². The van der Waals surface area contributed by atoms with Crippen LogP contribution in [0.5, 0.6) is 17.2 Å². The molecule has 9 heteroatoms. The van der Waals surface area contributed by atoms with Crippen molar-refractivity contribution in [3.63, 3.8) is 0 Å². The monoisotopic (exact) mass is 565 g/mol. The molecule has 0 aromatic heterocycles. The first kappa shape index (κ1) is 30.2. The zero-order chi connectivity index (χ0) is 29.5. The summed E-state index contributed by atoms with van der Waals surface area (Å²) in [5.41, 5.74) is 3.19. The van der Waals surface area contributed by atoms with E-state index in [9.17, 15) is 14.4 Å². The van der Waals surface area contributed by atoms with Gasteiger partial charge in [-0.1, -0.05) is 38.2 Å². The van der Waals surface area contributed by atoms with Crippen molar-refractivity contribution in [3.05, 3.63) is 45.6 Å². The lowest BCUT2D eigenvalue weighted by molar-refractivity contribution is -0.122. The Labute approximate surface area is 242 Å². The zero-order valence-electron chi connectivity index (χ0n) is 24.9. The highest BCUT2D eigenvalue weighted by Crippen LogP contribution is 2.50. The molecule has 2 aliphatic carbocycles. The molecule has 1 saturated carbocycles. The van der Waals surface area contributed by atoms with Gasteiger partial charge in [-0.3, -0.25) is 14.4 Å². The molecule has 0 heterocycles. The lowest BCUT2D eigenvalue weighted by atomic mass is 9.95. The third-order valence-electron chi connectivity index (χ3n) is 8.13. The van der Waals surface area contributed by atoms with E-state index in [0.717, 1.165) is 42.4 Å². The van der Waals surface area contributed by atoms with E-state index >= 15 is 0 Å². The second kappa shape index (κ2) is 13.7. The Morgan fingerprint density at radius 3 is 2.20 bits per heavy atom. The smallest absolute Gasteiger partial charge is 0.242 e. The first-order chi connectivity index (χ1) is 19.8. The van der Waals surface area contributed by atoms with E-state index in [1.54, 1.807) is 40.4 Å². The topological polar surface area (TPSA) is 115 Å². The Hall–Kier alpha value is -3.75. The molecule has 0 aliphatic heterocycles. The van der Waals surface area contributed by atoms with Gasteiger partial charge in [0.15, 0.2) is 11.5 Å². The summed E-state index contributed by atoms with van der Waals surface area (Å²) in [6.45, 7) is 3.24. The minimum atomic E-state index is -0.604. The highest BCUT2D eigenvalue weighted by Gasteiger charge is 2.29. The maximum atomic E-state index is 13.6. The van der Waals surface area contributed by atoms with Crippen LogP contribution in [0.4, 0.5) is 5.69 Å². The summed E-state index contributed by atoms with van der Waals surface area (Å²) < 4.78 is 17.1. The highest BCUT2D eigenvalue weighted by atomic mass is 16.5. The fraction of sp³-hybridized carbons (Fsp3) is 0.531. The predicted molar refractivity (Wildman–Crippen MR) is 160 cm³/mol. The van der Waals surface area contributed by atoms with Gasteiger partial charge < -0.3 is 30.2 Å². The van der Waals surface area contributed by atoms with Crippen molar-refractivity contribution >= 4 is 17.5 Å². The minimum absolute atomic E-state index is 0.122. The Bertz CT molecular complexity index is 1320. The number of amides is 2. The number of benzene rings is 1. The Balaban J connectivity index is 1.74. The number of aryl methyl sites for hydroxylation is 1. The number of carbonyl (C=O) groups is 2. The molecule has 41 heavy (non-hydrogen) atoms. The van der Waals surface area contributed by atoms with E-state index in [1.165, 1.54) is 26.2 Å². The second-order valence-electron chi connectivity index (χ2n) is 11.0. The quantitative estimate of drug-likeness (QED) is 0.417. The van der Waals surface area contributed by atoms with Gasteiger partial charge in [0.2, 0.25) is 23.0 Å². The molecular formula is C32H43N3O6. The summed E-state index contributed by atoms with van der Waals surface area (Å²) in [5.74, 6) is 1.17. The molecule has 222 valence electrons. The first-order valence-electron chi connectivity index (χ1n) is 14.6. The molecule has 0 radical (unpaired) electrons. The molecule has 1 fully saturated rings. The Kier molecular flexibility index (Phi) is 10.1. The van der Waals surface area contributed by atoms with E-state index in [2.05, 4.69) is 16.0 Å². The third-order valence-corrected chi connectivity index (χ3v) is 8.13. The lowest BCUT2D eigenvalue weighted by Crippen LogP contribution is -2.44. The summed E-state index contributed by atoms with van der Waals surface area (Å²) >= 11 is 0. The van der Waals surface area contributed by atoms with Crippen LogP contribution < -0.4 is 35.6 Å².